The summed E-state index contributed by atoms with van der Waals surface area (Å²) in [6.07, 6.45) is 0.703. The monoisotopic (exact) mass is 423 g/mol. The molecule has 1 saturated heterocycles. The summed E-state index contributed by atoms with van der Waals surface area (Å²) in [4.78, 5) is 29.0. The quantitative estimate of drug-likeness (QED) is 0.665. The Morgan fingerprint density at radius 3 is 2.50 bits per heavy atom. The van der Waals surface area contributed by atoms with Crippen LogP contribution >= 0.6 is 11.6 Å². The van der Waals surface area contributed by atoms with Gasteiger partial charge in [0, 0.05) is 42.5 Å². The molecule has 3 amide bonds. The van der Waals surface area contributed by atoms with E-state index in [-0.39, 0.29) is 11.9 Å². The van der Waals surface area contributed by atoms with Gasteiger partial charge in [0.15, 0.2) is 0 Å². The number of benzene rings is 2. The first-order chi connectivity index (χ1) is 14.6. The molecule has 1 aliphatic rings. The maximum atomic E-state index is 12.9. The molecule has 0 unspecified atom stereocenters. The molecule has 8 heteroatoms. The van der Waals surface area contributed by atoms with Gasteiger partial charge in [-0.2, -0.15) is 5.10 Å². The summed E-state index contributed by atoms with van der Waals surface area (Å²) < 4.78 is 0. The first-order valence-electron chi connectivity index (χ1n) is 9.82. The summed E-state index contributed by atoms with van der Waals surface area (Å²) in [6.45, 7) is 2.08. The fraction of sp³-hybridized carbons (Fsp3) is 0.227. The third-order valence-corrected chi connectivity index (χ3v) is 5.26. The van der Waals surface area contributed by atoms with Gasteiger partial charge in [-0.1, -0.05) is 48.0 Å². The smallest absolute Gasteiger partial charge is 0.321 e. The van der Waals surface area contributed by atoms with Crippen molar-refractivity contribution in [3.05, 3.63) is 71.4 Å². The lowest BCUT2D eigenvalue weighted by molar-refractivity contribution is 0.0757. The van der Waals surface area contributed by atoms with Crippen molar-refractivity contribution in [2.24, 2.45) is 0 Å². The topological polar surface area (TPSA) is 81.3 Å². The van der Waals surface area contributed by atoms with Crippen molar-refractivity contribution < 1.29 is 9.59 Å². The molecule has 154 valence electrons. The molecule has 2 heterocycles. The number of hydrogen-bond donors (Lipinski definition) is 2. The number of rotatable bonds is 3. The molecule has 0 spiro atoms. The number of hydrogen-bond acceptors (Lipinski definition) is 3. The Bertz CT molecular complexity index is 1040. The van der Waals surface area contributed by atoms with Crippen LogP contribution in [-0.4, -0.2) is 58.1 Å². The van der Waals surface area contributed by atoms with Crippen LogP contribution in [0.2, 0.25) is 5.02 Å². The fourth-order valence-electron chi connectivity index (χ4n) is 3.45. The van der Waals surface area contributed by atoms with Crippen LogP contribution in [0.1, 0.15) is 16.9 Å². The average Bonchev–Trinajstić information content (AvgIpc) is 3.12. The Labute approximate surface area is 179 Å². The average molecular weight is 424 g/mol. The van der Waals surface area contributed by atoms with Gasteiger partial charge < -0.3 is 15.1 Å². The molecule has 2 N–H and O–H groups in total. The molecule has 4 rings (SSSR count). The van der Waals surface area contributed by atoms with Crippen LogP contribution in [0.4, 0.5) is 10.5 Å². The summed E-state index contributed by atoms with van der Waals surface area (Å²) in [7, 11) is 0. The van der Waals surface area contributed by atoms with Crippen molar-refractivity contribution in [2.75, 3.05) is 31.5 Å². The highest BCUT2D eigenvalue weighted by molar-refractivity contribution is 6.30. The number of carbonyl (C=O) groups excluding carboxylic acids is 2. The highest BCUT2D eigenvalue weighted by Gasteiger charge is 2.24. The standard InChI is InChI=1S/C22H22ClN5O2/c23-17-8-4-9-18(14-17)24-22(30)28-11-5-10-27(12-13-28)21(29)20-15-19(25-26-20)16-6-2-1-3-7-16/h1-4,6-9,14-15H,5,10-13H2,(H,24,30)(H,25,26). The highest BCUT2D eigenvalue weighted by atomic mass is 35.5. The number of H-pyrrole nitrogens is 1. The molecule has 0 aliphatic carbocycles. The van der Waals surface area contributed by atoms with Crippen molar-refractivity contribution in [3.8, 4) is 11.3 Å². The SMILES string of the molecule is O=C(Nc1cccc(Cl)c1)N1CCCN(C(=O)c2cc(-c3ccccc3)n[nH]2)CC1. The van der Waals surface area contributed by atoms with E-state index in [1.54, 1.807) is 40.1 Å². The minimum absolute atomic E-state index is 0.109. The van der Waals surface area contributed by atoms with Gasteiger partial charge in [0.05, 0.1) is 5.69 Å². The maximum absolute atomic E-state index is 12.9. The molecule has 1 aliphatic heterocycles. The number of urea groups is 1. The Morgan fingerprint density at radius 1 is 0.933 bits per heavy atom. The number of aromatic nitrogens is 2. The summed E-state index contributed by atoms with van der Waals surface area (Å²) in [5, 5.41) is 10.5. The van der Waals surface area contributed by atoms with E-state index in [2.05, 4.69) is 15.5 Å². The van der Waals surface area contributed by atoms with Crippen LogP contribution in [-0.2, 0) is 0 Å². The number of carbonyl (C=O) groups is 2. The van der Waals surface area contributed by atoms with Crippen molar-refractivity contribution >= 4 is 29.2 Å². The van der Waals surface area contributed by atoms with Gasteiger partial charge in [0.1, 0.15) is 5.69 Å². The first-order valence-corrected chi connectivity index (χ1v) is 10.2. The van der Waals surface area contributed by atoms with Gasteiger partial charge in [0.2, 0.25) is 0 Å². The van der Waals surface area contributed by atoms with Crippen LogP contribution in [0, 0.1) is 0 Å². The van der Waals surface area contributed by atoms with E-state index >= 15 is 0 Å². The number of aromatic amines is 1. The molecule has 0 radical (unpaired) electrons. The molecular weight excluding hydrogens is 402 g/mol. The van der Waals surface area contributed by atoms with E-state index in [1.165, 1.54) is 0 Å². The molecule has 1 fully saturated rings. The van der Waals surface area contributed by atoms with Gasteiger partial charge >= 0.3 is 6.03 Å². The predicted octanol–water partition coefficient (Wildman–Crippen LogP) is 4.11. The Morgan fingerprint density at radius 2 is 1.70 bits per heavy atom. The van der Waals surface area contributed by atoms with Crippen LogP contribution in [0.25, 0.3) is 11.3 Å². The molecule has 2 aromatic carbocycles. The lowest BCUT2D eigenvalue weighted by Gasteiger charge is -2.22. The number of nitrogens with zero attached hydrogens (tertiary/aromatic N) is 3. The lowest BCUT2D eigenvalue weighted by atomic mass is 10.1. The van der Waals surface area contributed by atoms with E-state index in [9.17, 15) is 9.59 Å². The third-order valence-electron chi connectivity index (χ3n) is 5.02. The predicted molar refractivity (Wildman–Crippen MR) is 117 cm³/mol. The van der Waals surface area contributed by atoms with Crippen molar-refractivity contribution in [1.29, 1.82) is 0 Å². The van der Waals surface area contributed by atoms with Gasteiger partial charge in [-0.3, -0.25) is 9.89 Å². The Kier molecular flexibility index (Phi) is 5.99. The van der Waals surface area contributed by atoms with E-state index in [1.807, 2.05) is 30.3 Å². The maximum Gasteiger partial charge on any atom is 0.321 e. The molecule has 3 aromatic rings. The van der Waals surface area contributed by atoms with Crippen molar-refractivity contribution in [1.82, 2.24) is 20.0 Å². The number of amides is 3. The Balaban J connectivity index is 1.37. The zero-order chi connectivity index (χ0) is 20.9. The minimum atomic E-state index is -0.195. The second-order valence-corrected chi connectivity index (χ2v) is 7.54. The molecule has 0 bridgehead atoms. The van der Waals surface area contributed by atoms with Crippen LogP contribution in [0.5, 0.6) is 0 Å². The van der Waals surface area contributed by atoms with Crippen LogP contribution < -0.4 is 5.32 Å². The summed E-state index contributed by atoms with van der Waals surface area (Å²) in [5.74, 6) is -0.109. The van der Waals surface area contributed by atoms with Gasteiger partial charge in [-0.25, -0.2) is 4.79 Å². The van der Waals surface area contributed by atoms with Crippen molar-refractivity contribution in [3.63, 3.8) is 0 Å². The molecule has 0 atom stereocenters. The second-order valence-electron chi connectivity index (χ2n) is 7.11. The number of halogens is 1. The van der Waals surface area contributed by atoms with E-state index in [0.29, 0.717) is 49.0 Å². The Hall–Kier alpha value is -3.32. The lowest BCUT2D eigenvalue weighted by Crippen LogP contribution is -2.39. The summed E-state index contributed by atoms with van der Waals surface area (Å²) in [5.41, 5.74) is 2.78. The minimum Gasteiger partial charge on any atom is -0.335 e. The second kappa shape index (κ2) is 9.00. The molecule has 7 nitrogen and oxygen atoms in total. The number of nitrogens with one attached hydrogen (secondary N) is 2. The zero-order valence-corrected chi connectivity index (χ0v) is 17.1. The normalized spacial score (nSPS) is 14.3. The van der Waals surface area contributed by atoms with Crippen LogP contribution in [0.3, 0.4) is 0 Å². The largest absolute Gasteiger partial charge is 0.335 e. The van der Waals surface area contributed by atoms with E-state index in [0.717, 1.165) is 11.3 Å². The van der Waals surface area contributed by atoms with E-state index in [4.69, 9.17) is 11.6 Å². The zero-order valence-electron chi connectivity index (χ0n) is 16.3. The summed E-state index contributed by atoms with van der Waals surface area (Å²) in [6, 6.07) is 18.3. The number of anilines is 1. The van der Waals surface area contributed by atoms with Crippen molar-refractivity contribution in [2.45, 2.75) is 6.42 Å². The van der Waals surface area contributed by atoms with Crippen LogP contribution in [0.15, 0.2) is 60.7 Å². The fourth-order valence-corrected chi connectivity index (χ4v) is 3.64. The van der Waals surface area contributed by atoms with Gasteiger partial charge in [0.25, 0.3) is 5.91 Å². The van der Waals surface area contributed by atoms with Gasteiger partial charge in [-0.15, -0.1) is 0 Å². The third kappa shape index (κ3) is 4.63. The molecule has 1 aromatic heterocycles. The van der Waals surface area contributed by atoms with E-state index < -0.39 is 0 Å². The highest BCUT2D eigenvalue weighted by Crippen LogP contribution is 2.19. The molecular formula is C22H22ClN5O2. The summed E-state index contributed by atoms with van der Waals surface area (Å²) >= 11 is 5.98. The molecule has 0 saturated carbocycles. The molecule has 30 heavy (non-hydrogen) atoms. The first kappa shape index (κ1) is 20.0. The van der Waals surface area contributed by atoms with Gasteiger partial charge in [-0.05, 0) is 30.7 Å².